The zero-order valence-corrected chi connectivity index (χ0v) is 15.6. The van der Waals surface area contributed by atoms with E-state index in [1.807, 2.05) is 0 Å². The Labute approximate surface area is 161 Å². The lowest BCUT2D eigenvalue weighted by Crippen LogP contribution is -2.54. The smallest absolute Gasteiger partial charge is 0.416 e. The van der Waals surface area contributed by atoms with Crippen molar-refractivity contribution in [1.29, 1.82) is 0 Å². The lowest BCUT2D eigenvalue weighted by atomic mass is 9.49. The molecule has 0 atom stereocenters. The number of rotatable bonds is 5. The topological polar surface area (TPSA) is 55.4 Å². The van der Waals surface area contributed by atoms with Crippen molar-refractivity contribution in [3.05, 3.63) is 35.4 Å². The summed E-state index contributed by atoms with van der Waals surface area (Å²) in [5, 5.41) is 2.68. The van der Waals surface area contributed by atoms with Crippen LogP contribution in [0.15, 0.2) is 24.3 Å². The van der Waals surface area contributed by atoms with Crippen molar-refractivity contribution in [2.24, 2.45) is 23.2 Å². The summed E-state index contributed by atoms with van der Waals surface area (Å²) in [6, 6.07) is 5.00. The average molecular weight is 395 g/mol. The van der Waals surface area contributed by atoms with Gasteiger partial charge in [-0.3, -0.25) is 9.59 Å². The molecule has 5 rings (SSSR count). The maximum Gasteiger partial charge on any atom is 0.416 e. The van der Waals surface area contributed by atoms with Gasteiger partial charge in [0.1, 0.15) is 13.2 Å². The maximum atomic E-state index is 13.0. The van der Waals surface area contributed by atoms with Gasteiger partial charge in [0.25, 0.3) is 0 Å². The normalized spacial score (nSPS) is 30.9. The first-order valence-corrected chi connectivity index (χ1v) is 9.84. The summed E-state index contributed by atoms with van der Waals surface area (Å²) in [6.07, 6.45) is 1.81. The van der Waals surface area contributed by atoms with Crippen molar-refractivity contribution in [3.8, 4) is 0 Å². The standard InChI is InChI=1S/C21H24F3NO3/c22-21(23,24)17-4-2-1-3-16(17)12-28-18(26)11-25-19(27)20-8-13-5-14(9-20)7-15(6-13)10-20/h1-4,13-15H,5-12H2,(H,25,27). The first-order chi connectivity index (χ1) is 13.2. The average Bonchev–Trinajstić information content (AvgIpc) is 2.62. The SMILES string of the molecule is O=C(CNC(=O)C12CC3CC(CC(C3)C1)C2)OCc1ccccc1C(F)(F)F. The van der Waals surface area contributed by atoms with Gasteiger partial charge < -0.3 is 10.1 Å². The summed E-state index contributed by atoms with van der Waals surface area (Å²) in [7, 11) is 0. The van der Waals surface area contributed by atoms with Crippen LogP contribution in [0.2, 0.25) is 0 Å². The van der Waals surface area contributed by atoms with Gasteiger partial charge in [-0.25, -0.2) is 0 Å². The van der Waals surface area contributed by atoms with E-state index >= 15 is 0 Å². The quantitative estimate of drug-likeness (QED) is 0.765. The van der Waals surface area contributed by atoms with Crippen LogP contribution in [0, 0.1) is 23.2 Å². The van der Waals surface area contributed by atoms with Crippen LogP contribution < -0.4 is 5.32 Å². The second kappa shape index (κ2) is 7.08. The molecule has 28 heavy (non-hydrogen) atoms. The predicted molar refractivity (Wildman–Crippen MR) is 94.9 cm³/mol. The number of carbonyl (C=O) groups is 2. The molecule has 4 saturated carbocycles. The number of ether oxygens (including phenoxy) is 1. The van der Waals surface area contributed by atoms with Gasteiger partial charge in [-0.1, -0.05) is 18.2 Å². The van der Waals surface area contributed by atoms with Crippen molar-refractivity contribution in [1.82, 2.24) is 5.32 Å². The van der Waals surface area contributed by atoms with Crippen LogP contribution in [0.4, 0.5) is 13.2 Å². The van der Waals surface area contributed by atoms with Crippen LogP contribution in [-0.4, -0.2) is 18.4 Å². The van der Waals surface area contributed by atoms with Gasteiger partial charge in [0, 0.05) is 11.0 Å². The number of amides is 1. The van der Waals surface area contributed by atoms with E-state index in [4.69, 9.17) is 4.74 Å². The summed E-state index contributed by atoms with van der Waals surface area (Å²) >= 11 is 0. The van der Waals surface area contributed by atoms with Crippen LogP contribution >= 0.6 is 0 Å². The maximum absolute atomic E-state index is 13.0. The molecule has 4 nitrogen and oxygen atoms in total. The lowest BCUT2D eigenvalue weighted by molar-refractivity contribution is -0.152. The second-order valence-electron chi connectivity index (χ2n) is 8.70. The second-order valence-corrected chi connectivity index (χ2v) is 8.70. The molecule has 0 spiro atoms. The molecule has 0 radical (unpaired) electrons. The molecule has 4 fully saturated rings. The number of esters is 1. The Morgan fingerprint density at radius 1 is 1.04 bits per heavy atom. The fourth-order valence-corrected chi connectivity index (χ4v) is 5.86. The molecule has 1 amide bonds. The van der Waals surface area contributed by atoms with E-state index in [1.165, 1.54) is 37.5 Å². The molecule has 0 heterocycles. The summed E-state index contributed by atoms with van der Waals surface area (Å²) in [5.74, 6) is 1.02. The molecular weight excluding hydrogens is 371 g/mol. The number of hydrogen-bond acceptors (Lipinski definition) is 3. The molecule has 0 aliphatic heterocycles. The largest absolute Gasteiger partial charge is 0.459 e. The zero-order chi connectivity index (χ0) is 19.9. The summed E-state index contributed by atoms with van der Waals surface area (Å²) in [5.41, 5.74) is -1.28. The molecule has 4 aliphatic carbocycles. The molecule has 4 aliphatic rings. The van der Waals surface area contributed by atoms with Crippen molar-refractivity contribution in [2.45, 2.75) is 51.3 Å². The number of alkyl halides is 3. The van der Waals surface area contributed by atoms with Crippen molar-refractivity contribution >= 4 is 11.9 Å². The third-order valence-corrected chi connectivity index (χ3v) is 6.62. The fourth-order valence-electron chi connectivity index (χ4n) is 5.86. The zero-order valence-electron chi connectivity index (χ0n) is 15.6. The van der Waals surface area contributed by atoms with Gasteiger partial charge in [-0.05, 0) is 62.3 Å². The van der Waals surface area contributed by atoms with Crippen molar-refractivity contribution in [3.63, 3.8) is 0 Å². The van der Waals surface area contributed by atoms with E-state index in [2.05, 4.69) is 5.32 Å². The summed E-state index contributed by atoms with van der Waals surface area (Å²) in [6.45, 7) is -0.781. The van der Waals surface area contributed by atoms with E-state index in [0.717, 1.165) is 25.3 Å². The number of hydrogen-bond donors (Lipinski definition) is 1. The molecule has 1 aromatic carbocycles. The molecule has 0 saturated heterocycles. The highest BCUT2D eigenvalue weighted by Crippen LogP contribution is 2.60. The van der Waals surface area contributed by atoms with Crippen LogP contribution in [0.3, 0.4) is 0 Å². The number of halogens is 3. The van der Waals surface area contributed by atoms with Gasteiger partial charge in [0.2, 0.25) is 5.91 Å². The third-order valence-electron chi connectivity index (χ3n) is 6.62. The Balaban J connectivity index is 1.30. The third kappa shape index (κ3) is 3.76. The van der Waals surface area contributed by atoms with E-state index in [1.54, 1.807) is 0 Å². The van der Waals surface area contributed by atoms with E-state index in [-0.39, 0.29) is 23.4 Å². The molecule has 1 aromatic rings. The van der Waals surface area contributed by atoms with Gasteiger partial charge in [0.05, 0.1) is 5.56 Å². The Hall–Kier alpha value is -2.05. The molecule has 0 aromatic heterocycles. The van der Waals surface area contributed by atoms with Gasteiger partial charge >= 0.3 is 12.1 Å². The predicted octanol–water partition coefficient (Wildman–Crippen LogP) is 4.08. The van der Waals surface area contributed by atoms with Crippen LogP contribution in [0.1, 0.15) is 49.7 Å². The molecule has 4 bridgehead atoms. The minimum Gasteiger partial charge on any atom is -0.459 e. The van der Waals surface area contributed by atoms with Crippen LogP contribution in [-0.2, 0) is 27.1 Å². The minimum absolute atomic E-state index is 0.0979. The summed E-state index contributed by atoms with van der Waals surface area (Å²) in [4.78, 5) is 24.8. The lowest BCUT2D eigenvalue weighted by Gasteiger charge is -2.55. The van der Waals surface area contributed by atoms with Crippen LogP contribution in [0.25, 0.3) is 0 Å². The van der Waals surface area contributed by atoms with Gasteiger partial charge in [-0.15, -0.1) is 0 Å². The highest BCUT2D eigenvalue weighted by molar-refractivity contribution is 5.86. The Morgan fingerprint density at radius 3 is 2.18 bits per heavy atom. The molecular formula is C21H24F3NO3. The first-order valence-electron chi connectivity index (χ1n) is 9.84. The highest BCUT2D eigenvalue weighted by Gasteiger charge is 2.54. The minimum atomic E-state index is -4.50. The summed E-state index contributed by atoms with van der Waals surface area (Å²) < 4.78 is 43.9. The monoisotopic (exact) mass is 395 g/mol. The Kier molecular flexibility index (Phi) is 4.88. The molecule has 0 unspecified atom stereocenters. The van der Waals surface area contributed by atoms with E-state index in [9.17, 15) is 22.8 Å². The van der Waals surface area contributed by atoms with Crippen molar-refractivity contribution in [2.75, 3.05) is 6.54 Å². The van der Waals surface area contributed by atoms with Crippen LogP contribution in [0.5, 0.6) is 0 Å². The Bertz CT molecular complexity index is 739. The number of benzene rings is 1. The molecule has 1 N–H and O–H groups in total. The number of carbonyl (C=O) groups excluding carboxylic acids is 2. The Morgan fingerprint density at radius 2 is 1.61 bits per heavy atom. The van der Waals surface area contributed by atoms with E-state index < -0.39 is 24.3 Å². The van der Waals surface area contributed by atoms with Gasteiger partial charge in [-0.2, -0.15) is 13.2 Å². The molecule has 7 heteroatoms. The fraction of sp³-hybridized carbons (Fsp3) is 0.619. The number of nitrogens with one attached hydrogen (secondary N) is 1. The van der Waals surface area contributed by atoms with E-state index in [0.29, 0.717) is 17.8 Å². The van der Waals surface area contributed by atoms with Crippen molar-refractivity contribution < 1.29 is 27.5 Å². The van der Waals surface area contributed by atoms with Gasteiger partial charge in [0.15, 0.2) is 0 Å². The molecule has 152 valence electrons. The highest BCUT2D eigenvalue weighted by atomic mass is 19.4. The first kappa shape index (κ1) is 19.3.